The normalized spacial score (nSPS) is 17.8. The number of halogens is 2. The van der Waals surface area contributed by atoms with Crippen LogP contribution < -0.4 is 16.0 Å². The molecule has 1 aliphatic carbocycles. The fourth-order valence-electron chi connectivity index (χ4n) is 4.76. The molecule has 1 fully saturated rings. The number of amides is 4. The topological polar surface area (TPSA) is 154 Å². The van der Waals surface area contributed by atoms with Crippen molar-refractivity contribution in [2.24, 2.45) is 5.92 Å². The predicted octanol–water partition coefficient (Wildman–Crippen LogP) is 2.82. The van der Waals surface area contributed by atoms with Crippen LogP contribution in [0.15, 0.2) is 60.9 Å². The van der Waals surface area contributed by atoms with Gasteiger partial charge in [0.15, 0.2) is 0 Å². The summed E-state index contributed by atoms with van der Waals surface area (Å²) in [4.78, 5) is 60.8. The third-order valence-electron chi connectivity index (χ3n) is 6.91. The number of aromatic nitrogens is 2. The lowest BCUT2D eigenvalue weighted by Gasteiger charge is -2.37. The van der Waals surface area contributed by atoms with Crippen LogP contribution in [-0.4, -0.2) is 69.8 Å². The zero-order valence-electron chi connectivity index (χ0n) is 23.0. The predicted molar refractivity (Wildman–Crippen MR) is 160 cm³/mol. The lowest BCUT2D eigenvalue weighted by molar-refractivity contribution is -0.137. The van der Waals surface area contributed by atoms with E-state index < -0.39 is 23.9 Å². The summed E-state index contributed by atoms with van der Waals surface area (Å²) in [6, 6.07) is 12.3. The highest BCUT2D eigenvalue weighted by Crippen LogP contribution is 2.27. The van der Waals surface area contributed by atoms with E-state index in [-0.39, 0.29) is 42.6 Å². The molecular formula is C29H32Cl2N6O5. The number of carbonyl (C=O) groups is 4. The van der Waals surface area contributed by atoms with Gasteiger partial charge in [-0.3, -0.25) is 24.2 Å². The molecule has 222 valence electrons. The van der Waals surface area contributed by atoms with Gasteiger partial charge in [-0.1, -0.05) is 23.7 Å². The Morgan fingerprint density at radius 2 is 1.67 bits per heavy atom. The zero-order valence-corrected chi connectivity index (χ0v) is 24.6. The summed E-state index contributed by atoms with van der Waals surface area (Å²) in [6.45, 7) is -0.176. The van der Waals surface area contributed by atoms with Gasteiger partial charge in [-0.05, 0) is 66.8 Å². The molecule has 2 aromatic heterocycles. The molecule has 0 bridgehead atoms. The van der Waals surface area contributed by atoms with E-state index in [1.54, 1.807) is 50.6 Å². The van der Waals surface area contributed by atoms with Crippen LogP contribution in [0.4, 0.5) is 5.82 Å². The van der Waals surface area contributed by atoms with Crippen LogP contribution in [-0.2, 0) is 21.0 Å². The smallest absolute Gasteiger partial charge is 0.314 e. The van der Waals surface area contributed by atoms with Gasteiger partial charge in [0.2, 0.25) is 5.91 Å². The molecule has 11 nitrogen and oxygen atoms in total. The van der Waals surface area contributed by atoms with E-state index in [0.29, 0.717) is 35.5 Å². The Kier molecular flexibility index (Phi) is 11.4. The van der Waals surface area contributed by atoms with Gasteiger partial charge in [0.1, 0.15) is 5.82 Å². The first-order chi connectivity index (χ1) is 19.6. The summed E-state index contributed by atoms with van der Waals surface area (Å²) in [5, 5.41) is 17.8. The maximum Gasteiger partial charge on any atom is 0.314 e. The van der Waals surface area contributed by atoms with Crippen LogP contribution in [0.1, 0.15) is 35.3 Å². The van der Waals surface area contributed by atoms with Crippen molar-refractivity contribution in [2.45, 2.75) is 38.0 Å². The molecule has 3 aromatic rings. The van der Waals surface area contributed by atoms with E-state index in [1.807, 2.05) is 6.07 Å². The number of nitrogens with one attached hydrogen (secondary N) is 3. The Hall–Kier alpha value is -4.06. The molecule has 0 radical (unpaired) electrons. The van der Waals surface area contributed by atoms with Gasteiger partial charge >= 0.3 is 11.8 Å². The first kappa shape index (κ1) is 32.5. The maximum atomic E-state index is 13.2. The van der Waals surface area contributed by atoms with Crippen molar-refractivity contribution in [1.82, 2.24) is 25.5 Å². The van der Waals surface area contributed by atoms with E-state index in [4.69, 9.17) is 11.6 Å². The van der Waals surface area contributed by atoms with Crippen LogP contribution in [0.2, 0.25) is 5.02 Å². The zero-order chi connectivity index (χ0) is 29.5. The van der Waals surface area contributed by atoms with Gasteiger partial charge in [0.05, 0.1) is 23.4 Å². The highest BCUT2D eigenvalue weighted by atomic mass is 35.5. The lowest BCUT2D eigenvalue weighted by Crippen LogP contribution is -2.57. The second-order valence-corrected chi connectivity index (χ2v) is 10.4. The van der Waals surface area contributed by atoms with Crippen LogP contribution in [0.3, 0.4) is 0 Å². The van der Waals surface area contributed by atoms with Crippen molar-refractivity contribution in [3.05, 3.63) is 77.2 Å². The SMILES string of the molecule is CN(C)C(=O)[C@H]1CC[C@H](NC(=O)C(=O)Nc2ccc(Cl)cn2)[C@H](NC(=O)c2ccc(-c3ccnc(CO)c3)cc2)C1.Cl. The Bertz CT molecular complexity index is 1420. The first-order valence-corrected chi connectivity index (χ1v) is 13.4. The Labute approximate surface area is 254 Å². The number of hydrogen-bond donors (Lipinski definition) is 4. The molecule has 4 rings (SSSR count). The second kappa shape index (κ2) is 14.7. The lowest BCUT2D eigenvalue weighted by atomic mass is 9.81. The minimum absolute atomic E-state index is 0. The van der Waals surface area contributed by atoms with Crippen molar-refractivity contribution >= 4 is 53.5 Å². The first-order valence-electron chi connectivity index (χ1n) is 13.1. The van der Waals surface area contributed by atoms with Gasteiger partial charge in [-0.2, -0.15) is 0 Å². The molecule has 2 heterocycles. The monoisotopic (exact) mass is 614 g/mol. The number of aliphatic hydroxyl groups is 1. The number of rotatable bonds is 7. The molecule has 42 heavy (non-hydrogen) atoms. The fourth-order valence-corrected chi connectivity index (χ4v) is 4.87. The van der Waals surface area contributed by atoms with Crippen LogP contribution in [0.25, 0.3) is 11.1 Å². The number of carbonyl (C=O) groups excluding carboxylic acids is 4. The van der Waals surface area contributed by atoms with Gasteiger partial charge in [0.25, 0.3) is 5.91 Å². The molecule has 1 saturated carbocycles. The standard InChI is InChI=1S/C29H31ClN6O5.ClH/c1-36(2)29(41)20-7-9-23(33-27(39)28(40)35-25-10-8-21(30)15-32-25)24(14-20)34-26(38)18-5-3-17(4-6-18)19-11-12-31-22(13-19)16-37;/h3-6,8,10-13,15,20,23-24,37H,7,9,14,16H2,1-2H3,(H,33,39)(H,34,38)(H,32,35,40);1H/t20-,23-,24+;/m0./s1. The van der Waals surface area contributed by atoms with E-state index in [9.17, 15) is 24.3 Å². The maximum absolute atomic E-state index is 13.2. The van der Waals surface area contributed by atoms with Crippen molar-refractivity contribution in [2.75, 3.05) is 19.4 Å². The number of aliphatic hydroxyl groups excluding tert-OH is 1. The summed E-state index contributed by atoms with van der Waals surface area (Å²) in [5.74, 6) is -2.41. The molecule has 4 N–H and O–H groups in total. The van der Waals surface area contributed by atoms with Crippen molar-refractivity contribution in [1.29, 1.82) is 0 Å². The highest BCUT2D eigenvalue weighted by molar-refractivity contribution is 6.39. The number of hydrogen-bond acceptors (Lipinski definition) is 7. The molecular weight excluding hydrogens is 583 g/mol. The molecule has 0 spiro atoms. The summed E-state index contributed by atoms with van der Waals surface area (Å²) < 4.78 is 0. The minimum atomic E-state index is -0.910. The van der Waals surface area contributed by atoms with Crippen molar-refractivity contribution < 1.29 is 24.3 Å². The molecule has 4 amide bonds. The average Bonchev–Trinajstić information content (AvgIpc) is 2.98. The number of nitrogens with zero attached hydrogens (tertiary/aromatic N) is 3. The Morgan fingerprint density at radius 3 is 2.31 bits per heavy atom. The number of benzene rings is 1. The quantitative estimate of drug-likeness (QED) is 0.298. The summed E-state index contributed by atoms with van der Waals surface area (Å²) in [5.41, 5.74) is 2.62. The third kappa shape index (κ3) is 8.25. The molecule has 13 heteroatoms. The van der Waals surface area contributed by atoms with E-state index in [0.717, 1.165) is 11.1 Å². The molecule has 0 aliphatic heterocycles. The molecule has 0 saturated heterocycles. The summed E-state index contributed by atoms with van der Waals surface area (Å²) in [7, 11) is 3.35. The summed E-state index contributed by atoms with van der Waals surface area (Å²) in [6.07, 6.45) is 4.14. The van der Waals surface area contributed by atoms with Crippen molar-refractivity contribution in [3.8, 4) is 11.1 Å². The van der Waals surface area contributed by atoms with Gasteiger partial charge in [-0.15, -0.1) is 12.4 Å². The fraction of sp³-hybridized carbons (Fsp3) is 0.310. The molecule has 1 aromatic carbocycles. The van der Waals surface area contributed by atoms with Gasteiger partial charge < -0.3 is 26.0 Å². The molecule has 3 atom stereocenters. The number of anilines is 1. The highest BCUT2D eigenvalue weighted by Gasteiger charge is 2.37. The van der Waals surface area contributed by atoms with E-state index in [1.165, 1.54) is 23.2 Å². The van der Waals surface area contributed by atoms with Gasteiger partial charge in [-0.25, -0.2) is 4.98 Å². The van der Waals surface area contributed by atoms with Gasteiger partial charge in [0, 0.05) is 44.0 Å². The Balaban J connectivity index is 0.00000484. The summed E-state index contributed by atoms with van der Waals surface area (Å²) >= 11 is 5.82. The van der Waals surface area contributed by atoms with Crippen molar-refractivity contribution in [3.63, 3.8) is 0 Å². The largest absolute Gasteiger partial charge is 0.390 e. The van der Waals surface area contributed by atoms with Crippen LogP contribution in [0, 0.1) is 5.92 Å². The average molecular weight is 616 g/mol. The minimum Gasteiger partial charge on any atom is -0.390 e. The second-order valence-electron chi connectivity index (χ2n) is 9.99. The van der Waals surface area contributed by atoms with Crippen LogP contribution in [0.5, 0.6) is 0 Å². The number of pyridine rings is 2. The third-order valence-corrected chi connectivity index (χ3v) is 7.13. The van der Waals surface area contributed by atoms with Crippen LogP contribution >= 0.6 is 24.0 Å². The van der Waals surface area contributed by atoms with E-state index >= 15 is 0 Å². The van der Waals surface area contributed by atoms with E-state index in [2.05, 4.69) is 25.9 Å². The Morgan fingerprint density at radius 1 is 0.929 bits per heavy atom. The molecule has 1 aliphatic rings. The molecule has 0 unspecified atom stereocenters.